The monoisotopic (exact) mass is 307 g/mol. The summed E-state index contributed by atoms with van der Waals surface area (Å²) in [5, 5.41) is 0. The number of carbonyl (C=O) groups is 1. The number of hydrogen-bond donors (Lipinski definition) is 1. The molecule has 0 aromatic heterocycles. The van der Waals surface area contributed by atoms with E-state index in [4.69, 9.17) is 0 Å². The minimum Gasteiger partial charge on any atom is -0.294 e. The van der Waals surface area contributed by atoms with Crippen LogP contribution in [-0.2, 0) is 10.0 Å². The molecule has 0 saturated heterocycles. The molecule has 21 heavy (non-hydrogen) atoms. The van der Waals surface area contributed by atoms with E-state index in [-0.39, 0.29) is 22.8 Å². The molecule has 0 spiro atoms. The van der Waals surface area contributed by atoms with Crippen LogP contribution in [0.15, 0.2) is 53.4 Å². The van der Waals surface area contributed by atoms with Crippen molar-refractivity contribution in [2.75, 3.05) is 4.72 Å². The fourth-order valence-electron chi connectivity index (χ4n) is 1.79. The predicted octanol–water partition coefficient (Wildman–Crippen LogP) is 3.22. The average molecular weight is 307 g/mol. The molecule has 6 heteroatoms. The van der Waals surface area contributed by atoms with Gasteiger partial charge in [-0.3, -0.25) is 9.52 Å². The van der Waals surface area contributed by atoms with E-state index in [1.54, 1.807) is 13.0 Å². The Labute approximate surface area is 122 Å². The SMILES string of the molecule is CCC(=O)c1cccc(S(=O)(=O)Nc2ccccc2F)c1. The zero-order valence-electron chi connectivity index (χ0n) is 11.3. The first-order chi connectivity index (χ1) is 9.94. The summed E-state index contributed by atoms with van der Waals surface area (Å²) in [6, 6.07) is 11.2. The van der Waals surface area contributed by atoms with Crippen LogP contribution in [0, 0.1) is 5.82 Å². The summed E-state index contributed by atoms with van der Waals surface area (Å²) in [5.74, 6) is -0.820. The quantitative estimate of drug-likeness (QED) is 0.863. The fourth-order valence-corrected chi connectivity index (χ4v) is 2.90. The second kappa shape index (κ2) is 6.05. The standard InChI is InChI=1S/C15H14FNO3S/c1-2-15(18)11-6-5-7-12(10-11)21(19,20)17-14-9-4-3-8-13(14)16/h3-10,17H,2H2,1H3. The van der Waals surface area contributed by atoms with Crippen LogP contribution in [0.4, 0.5) is 10.1 Å². The molecule has 0 aliphatic carbocycles. The number of para-hydroxylation sites is 1. The van der Waals surface area contributed by atoms with Crippen molar-refractivity contribution < 1.29 is 17.6 Å². The third-order valence-electron chi connectivity index (χ3n) is 2.91. The zero-order valence-corrected chi connectivity index (χ0v) is 12.2. The molecule has 0 aliphatic rings. The molecule has 0 heterocycles. The Hall–Kier alpha value is -2.21. The van der Waals surface area contributed by atoms with Gasteiger partial charge >= 0.3 is 0 Å². The number of halogens is 1. The molecule has 1 N–H and O–H groups in total. The van der Waals surface area contributed by atoms with Crippen molar-refractivity contribution >= 4 is 21.5 Å². The van der Waals surface area contributed by atoms with Crippen molar-refractivity contribution in [2.45, 2.75) is 18.2 Å². The molecule has 2 rings (SSSR count). The molecular weight excluding hydrogens is 293 g/mol. The van der Waals surface area contributed by atoms with Gasteiger partial charge in [-0.15, -0.1) is 0 Å². The lowest BCUT2D eigenvalue weighted by atomic mass is 10.1. The summed E-state index contributed by atoms with van der Waals surface area (Å²) in [6.45, 7) is 1.70. The maximum Gasteiger partial charge on any atom is 0.262 e. The molecule has 0 fully saturated rings. The molecule has 0 unspecified atom stereocenters. The highest BCUT2D eigenvalue weighted by atomic mass is 32.2. The number of sulfonamides is 1. The van der Waals surface area contributed by atoms with Crippen LogP contribution in [0.2, 0.25) is 0 Å². The van der Waals surface area contributed by atoms with E-state index in [0.29, 0.717) is 5.56 Å². The first kappa shape index (κ1) is 15.2. The van der Waals surface area contributed by atoms with Crippen LogP contribution in [-0.4, -0.2) is 14.2 Å². The second-order valence-corrected chi connectivity index (χ2v) is 6.07. The average Bonchev–Trinajstić information content (AvgIpc) is 2.49. The molecule has 0 radical (unpaired) electrons. The van der Waals surface area contributed by atoms with Gasteiger partial charge in [-0.05, 0) is 24.3 Å². The number of anilines is 1. The third-order valence-corrected chi connectivity index (χ3v) is 4.27. The molecule has 0 saturated carbocycles. The Morgan fingerprint density at radius 1 is 1.14 bits per heavy atom. The van der Waals surface area contributed by atoms with Crippen LogP contribution in [0.5, 0.6) is 0 Å². The van der Waals surface area contributed by atoms with Crippen molar-refractivity contribution in [1.29, 1.82) is 0 Å². The van der Waals surface area contributed by atoms with Crippen LogP contribution in [0.1, 0.15) is 23.7 Å². The number of rotatable bonds is 5. The number of hydrogen-bond acceptors (Lipinski definition) is 3. The fraction of sp³-hybridized carbons (Fsp3) is 0.133. The Morgan fingerprint density at radius 3 is 2.52 bits per heavy atom. The second-order valence-electron chi connectivity index (χ2n) is 4.39. The van der Waals surface area contributed by atoms with E-state index in [1.165, 1.54) is 36.4 Å². The van der Waals surface area contributed by atoms with Gasteiger partial charge in [0, 0.05) is 12.0 Å². The normalized spacial score (nSPS) is 11.1. The lowest BCUT2D eigenvalue weighted by molar-refractivity contribution is 0.0988. The van der Waals surface area contributed by atoms with Crippen molar-refractivity contribution in [3.05, 3.63) is 59.9 Å². The Morgan fingerprint density at radius 2 is 1.86 bits per heavy atom. The number of carbonyl (C=O) groups excluding carboxylic acids is 1. The lowest BCUT2D eigenvalue weighted by Gasteiger charge is -2.09. The zero-order chi connectivity index (χ0) is 15.5. The topological polar surface area (TPSA) is 63.2 Å². The Bertz CT molecular complexity index is 772. The highest BCUT2D eigenvalue weighted by molar-refractivity contribution is 7.92. The molecule has 0 amide bonds. The molecule has 4 nitrogen and oxygen atoms in total. The summed E-state index contributed by atoms with van der Waals surface area (Å²) < 4.78 is 40.1. The van der Waals surface area contributed by atoms with Gasteiger partial charge in [0.1, 0.15) is 5.82 Å². The van der Waals surface area contributed by atoms with E-state index in [9.17, 15) is 17.6 Å². The van der Waals surface area contributed by atoms with Gasteiger partial charge in [0.25, 0.3) is 10.0 Å². The highest BCUT2D eigenvalue weighted by Gasteiger charge is 2.17. The first-order valence-electron chi connectivity index (χ1n) is 6.34. The maximum atomic E-state index is 13.5. The smallest absolute Gasteiger partial charge is 0.262 e. The van der Waals surface area contributed by atoms with Crippen molar-refractivity contribution in [3.8, 4) is 0 Å². The molecule has 110 valence electrons. The van der Waals surface area contributed by atoms with Crippen LogP contribution >= 0.6 is 0 Å². The number of benzene rings is 2. The number of Topliss-reactive ketones (excluding diaryl/α,β-unsaturated/α-hetero) is 1. The minimum atomic E-state index is -3.94. The maximum absolute atomic E-state index is 13.5. The largest absolute Gasteiger partial charge is 0.294 e. The van der Waals surface area contributed by atoms with Crippen LogP contribution in [0.3, 0.4) is 0 Å². The summed E-state index contributed by atoms with van der Waals surface area (Å²) in [6.07, 6.45) is 0.282. The molecule has 2 aromatic carbocycles. The Kier molecular flexibility index (Phi) is 4.37. The Balaban J connectivity index is 2.36. The summed E-state index contributed by atoms with van der Waals surface area (Å²) >= 11 is 0. The lowest BCUT2D eigenvalue weighted by Crippen LogP contribution is -2.14. The van der Waals surface area contributed by atoms with Crippen LogP contribution < -0.4 is 4.72 Å². The van der Waals surface area contributed by atoms with Gasteiger partial charge in [0.05, 0.1) is 10.6 Å². The van der Waals surface area contributed by atoms with E-state index < -0.39 is 15.8 Å². The van der Waals surface area contributed by atoms with Gasteiger partial charge in [-0.2, -0.15) is 0 Å². The molecule has 2 aromatic rings. The van der Waals surface area contributed by atoms with Crippen molar-refractivity contribution in [1.82, 2.24) is 0 Å². The van der Waals surface area contributed by atoms with Gasteiger partial charge in [0.15, 0.2) is 5.78 Å². The van der Waals surface area contributed by atoms with E-state index in [2.05, 4.69) is 4.72 Å². The van der Waals surface area contributed by atoms with E-state index in [1.807, 2.05) is 0 Å². The number of nitrogens with one attached hydrogen (secondary N) is 1. The van der Waals surface area contributed by atoms with E-state index in [0.717, 1.165) is 6.07 Å². The first-order valence-corrected chi connectivity index (χ1v) is 7.83. The van der Waals surface area contributed by atoms with Gasteiger partial charge in [0.2, 0.25) is 0 Å². The summed E-state index contributed by atoms with van der Waals surface area (Å²) in [4.78, 5) is 11.6. The summed E-state index contributed by atoms with van der Waals surface area (Å²) in [7, 11) is -3.94. The van der Waals surface area contributed by atoms with Gasteiger partial charge in [-0.25, -0.2) is 12.8 Å². The van der Waals surface area contributed by atoms with Crippen molar-refractivity contribution in [2.24, 2.45) is 0 Å². The van der Waals surface area contributed by atoms with Gasteiger partial charge < -0.3 is 0 Å². The number of ketones is 1. The molecule has 0 aliphatic heterocycles. The molecular formula is C15H14FNO3S. The van der Waals surface area contributed by atoms with E-state index >= 15 is 0 Å². The van der Waals surface area contributed by atoms with Crippen LogP contribution in [0.25, 0.3) is 0 Å². The highest BCUT2D eigenvalue weighted by Crippen LogP contribution is 2.19. The van der Waals surface area contributed by atoms with Gasteiger partial charge in [-0.1, -0.05) is 31.2 Å². The third kappa shape index (κ3) is 3.46. The molecule has 0 bridgehead atoms. The van der Waals surface area contributed by atoms with Crippen molar-refractivity contribution in [3.63, 3.8) is 0 Å². The summed E-state index contributed by atoms with van der Waals surface area (Å²) in [5.41, 5.74) is 0.179. The molecule has 0 atom stereocenters. The predicted molar refractivity (Wildman–Crippen MR) is 78.3 cm³/mol. The minimum absolute atomic E-state index is 0.0787.